The highest BCUT2D eigenvalue weighted by Crippen LogP contribution is 2.22. The number of ether oxygens (including phenoxy) is 1. The summed E-state index contributed by atoms with van der Waals surface area (Å²) in [6.07, 6.45) is 0. The summed E-state index contributed by atoms with van der Waals surface area (Å²) in [6, 6.07) is 6.07. The third kappa shape index (κ3) is 4.35. The quantitative estimate of drug-likeness (QED) is 0.896. The number of para-hydroxylation sites is 1. The molecule has 0 spiro atoms. The molecular weight excluding hydrogens is 233 g/mol. The van der Waals surface area contributed by atoms with Crippen LogP contribution < -0.4 is 10.1 Å². The number of benzene rings is 1. The van der Waals surface area contributed by atoms with E-state index >= 15 is 0 Å². The molecule has 0 aliphatic carbocycles. The first-order valence-corrected chi connectivity index (χ1v) is 5.95. The third-order valence-corrected chi connectivity index (χ3v) is 2.67. The Kier molecular flexibility index (Phi) is 4.70. The van der Waals surface area contributed by atoms with Gasteiger partial charge in [-0.3, -0.25) is 4.79 Å². The van der Waals surface area contributed by atoms with Crippen molar-refractivity contribution in [2.45, 2.75) is 33.7 Å². The highest BCUT2D eigenvalue weighted by atomic mass is 19.1. The third-order valence-electron chi connectivity index (χ3n) is 2.67. The average molecular weight is 253 g/mol. The van der Waals surface area contributed by atoms with Crippen LogP contribution in [0, 0.1) is 11.2 Å². The smallest absolute Gasteiger partial charge is 0.217 e. The van der Waals surface area contributed by atoms with Gasteiger partial charge in [0.05, 0.1) is 6.04 Å². The molecule has 0 aliphatic heterocycles. The van der Waals surface area contributed by atoms with Crippen molar-refractivity contribution in [1.82, 2.24) is 5.32 Å². The fourth-order valence-electron chi connectivity index (χ4n) is 1.49. The van der Waals surface area contributed by atoms with E-state index in [1.54, 1.807) is 18.2 Å². The van der Waals surface area contributed by atoms with E-state index < -0.39 is 5.82 Å². The molecule has 1 rings (SSSR count). The molecule has 0 heterocycles. The molecular formula is C14H20FNO2. The SMILES string of the molecule is CC(=O)NC(COc1ccccc1F)C(C)(C)C. The lowest BCUT2D eigenvalue weighted by Crippen LogP contribution is -2.46. The van der Waals surface area contributed by atoms with Crippen LogP contribution in [0.5, 0.6) is 5.75 Å². The normalized spacial score (nSPS) is 12.9. The molecule has 0 aromatic heterocycles. The van der Waals surface area contributed by atoms with Gasteiger partial charge in [-0.2, -0.15) is 0 Å². The zero-order chi connectivity index (χ0) is 13.8. The van der Waals surface area contributed by atoms with Gasteiger partial charge in [0.25, 0.3) is 0 Å². The van der Waals surface area contributed by atoms with Gasteiger partial charge in [-0.1, -0.05) is 32.9 Å². The number of rotatable bonds is 4. The lowest BCUT2D eigenvalue weighted by molar-refractivity contribution is -0.120. The summed E-state index contributed by atoms with van der Waals surface area (Å²) < 4.78 is 18.8. The molecule has 1 atom stereocenters. The summed E-state index contributed by atoms with van der Waals surface area (Å²) in [4.78, 5) is 11.1. The van der Waals surface area contributed by atoms with Crippen LogP contribution in [0.25, 0.3) is 0 Å². The molecule has 18 heavy (non-hydrogen) atoms. The van der Waals surface area contributed by atoms with Crippen LogP contribution in [-0.2, 0) is 4.79 Å². The lowest BCUT2D eigenvalue weighted by Gasteiger charge is -2.31. The summed E-state index contributed by atoms with van der Waals surface area (Å²) in [7, 11) is 0. The van der Waals surface area contributed by atoms with E-state index in [2.05, 4.69) is 5.32 Å². The summed E-state index contributed by atoms with van der Waals surface area (Å²) in [5.41, 5.74) is -0.156. The molecule has 1 amide bonds. The van der Waals surface area contributed by atoms with E-state index in [9.17, 15) is 9.18 Å². The van der Waals surface area contributed by atoms with E-state index in [-0.39, 0.29) is 29.7 Å². The second-order valence-electron chi connectivity index (χ2n) is 5.36. The molecule has 0 fully saturated rings. The first-order chi connectivity index (χ1) is 8.30. The van der Waals surface area contributed by atoms with Crippen molar-refractivity contribution in [2.24, 2.45) is 5.41 Å². The van der Waals surface area contributed by atoms with Crippen molar-refractivity contribution >= 4 is 5.91 Å². The van der Waals surface area contributed by atoms with Gasteiger partial charge in [-0.15, -0.1) is 0 Å². The summed E-state index contributed by atoms with van der Waals surface area (Å²) in [5.74, 6) is -0.308. The molecule has 1 aromatic rings. The van der Waals surface area contributed by atoms with Gasteiger partial charge in [-0.25, -0.2) is 4.39 Å². The highest BCUT2D eigenvalue weighted by Gasteiger charge is 2.26. The van der Waals surface area contributed by atoms with Crippen molar-refractivity contribution in [3.63, 3.8) is 0 Å². The van der Waals surface area contributed by atoms with Crippen LogP contribution in [0.1, 0.15) is 27.7 Å². The Morgan fingerprint density at radius 2 is 2.00 bits per heavy atom. The van der Waals surface area contributed by atoms with E-state index in [1.165, 1.54) is 13.0 Å². The van der Waals surface area contributed by atoms with Gasteiger partial charge in [-0.05, 0) is 17.5 Å². The number of halogens is 1. The predicted octanol–water partition coefficient (Wildman–Crippen LogP) is 2.76. The van der Waals surface area contributed by atoms with Crippen molar-refractivity contribution in [3.05, 3.63) is 30.1 Å². The number of carbonyl (C=O) groups excluding carboxylic acids is 1. The highest BCUT2D eigenvalue weighted by molar-refractivity contribution is 5.73. The Hall–Kier alpha value is -1.58. The molecule has 0 saturated carbocycles. The number of nitrogens with one attached hydrogen (secondary N) is 1. The van der Waals surface area contributed by atoms with Crippen molar-refractivity contribution < 1.29 is 13.9 Å². The lowest BCUT2D eigenvalue weighted by atomic mass is 9.87. The fourth-order valence-corrected chi connectivity index (χ4v) is 1.49. The molecule has 0 aliphatic rings. The molecule has 4 heteroatoms. The van der Waals surface area contributed by atoms with Crippen LogP contribution in [0.2, 0.25) is 0 Å². The molecule has 0 saturated heterocycles. The van der Waals surface area contributed by atoms with Crippen molar-refractivity contribution in [3.8, 4) is 5.75 Å². The fraction of sp³-hybridized carbons (Fsp3) is 0.500. The standard InChI is InChI=1S/C14H20FNO2/c1-10(17)16-13(14(2,3)4)9-18-12-8-6-5-7-11(12)15/h5-8,13H,9H2,1-4H3,(H,16,17). The molecule has 1 aromatic carbocycles. The van der Waals surface area contributed by atoms with Crippen LogP contribution in [0.15, 0.2) is 24.3 Å². The largest absolute Gasteiger partial charge is 0.488 e. The van der Waals surface area contributed by atoms with Crippen LogP contribution in [0.4, 0.5) is 4.39 Å². The molecule has 100 valence electrons. The summed E-state index contributed by atoms with van der Waals surface area (Å²) in [6.45, 7) is 7.70. The Morgan fingerprint density at radius 1 is 1.39 bits per heavy atom. The second kappa shape index (κ2) is 5.85. The Bertz CT molecular complexity index is 413. The van der Waals surface area contributed by atoms with E-state index in [0.29, 0.717) is 0 Å². The first-order valence-electron chi connectivity index (χ1n) is 5.95. The summed E-state index contributed by atoms with van der Waals surface area (Å²) in [5, 5.41) is 2.82. The minimum absolute atomic E-state index is 0.118. The number of carbonyl (C=O) groups is 1. The number of amides is 1. The van der Waals surface area contributed by atoms with Gasteiger partial charge in [0.2, 0.25) is 5.91 Å². The Labute approximate surface area is 107 Å². The number of hydrogen-bond acceptors (Lipinski definition) is 2. The van der Waals surface area contributed by atoms with Crippen LogP contribution >= 0.6 is 0 Å². The molecule has 0 bridgehead atoms. The predicted molar refractivity (Wildman–Crippen MR) is 69.0 cm³/mol. The Morgan fingerprint density at radius 3 is 2.50 bits per heavy atom. The zero-order valence-corrected chi connectivity index (χ0v) is 11.3. The second-order valence-corrected chi connectivity index (χ2v) is 5.36. The van der Waals surface area contributed by atoms with E-state index in [4.69, 9.17) is 4.74 Å². The Balaban J connectivity index is 2.68. The van der Waals surface area contributed by atoms with Gasteiger partial charge in [0.15, 0.2) is 11.6 Å². The molecule has 0 radical (unpaired) electrons. The van der Waals surface area contributed by atoms with Gasteiger partial charge >= 0.3 is 0 Å². The minimum atomic E-state index is -0.395. The maximum Gasteiger partial charge on any atom is 0.217 e. The average Bonchev–Trinajstić information content (AvgIpc) is 2.24. The van der Waals surface area contributed by atoms with Gasteiger partial charge < -0.3 is 10.1 Å². The topological polar surface area (TPSA) is 38.3 Å². The zero-order valence-electron chi connectivity index (χ0n) is 11.3. The van der Waals surface area contributed by atoms with Crippen molar-refractivity contribution in [1.29, 1.82) is 0 Å². The first kappa shape index (κ1) is 14.5. The molecule has 3 nitrogen and oxygen atoms in total. The van der Waals surface area contributed by atoms with Crippen LogP contribution in [-0.4, -0.2) is 18.6 Å². The van der Waals surface area contributed by atoms with E-state index in [0.717, 1.165) is 0 Å². The maximum absolute atomic E-state index is 13.4. The monoisotopic (exact) mass is 253 g/mol. The van der Waals surface area contributed by atoms with E-state index in [1.807, 2.05) is 20.8 Å². The summed E-state index contributed by atoms with van der Waals surface area (Å²) >= 11 is 0. The molecule has 1 unspecified atom stereocenters. The van der Waals surface area contributed by atoms with Crippen LogP contribution in [0.3, 0.4) is 0 Å². The van der Waals surface area contributed by atoms with Crippen molar-refractivity contribution in [2.75, 3.05) is 6.61 Å². The van der Waals surface area contributed by atoms with Gasteiger partial charge in [0.1, 0.15) is 6.61 Å². The maximum atomic E-state index is 13.4. The number of hydrogen-bond donors (Lipinski definition) is 1. The minimum Gasteiger partial charge on any atom is -0.488 e. The molecule has 1 N–H and O–H groups in total. The van der Waals surface area contributed by atoms with Gasteiger partial charge in [0, 0.05) is 6.92 Å².